The van der Waals surface area contributed by atoms with Crippen LogP contribution in [0.15, 0.2) is 12.2 Å². The molecule has 2 heterocycles. The summed E-state index contributed by atoms with van der Waals surface area (Å²) in [5.74, 6) is -1.99. The Hall–Kier alpha value is -2.30. The molecule has 24 nitrogen and oxygen atoms in total. The van der Waals surface area contributed by atoms with E-state index in [1.165, 1.54) is 154 Å². The van der Waals surface area contributed by atoms with Gasteiger partial charge in [-0.05, 0) is 44.9 Å². The van der Waals surface area contributed by atoms with Crippen molar-refractivity contribution in [3.05, 3.63) is 12.2 Å². The van der Waals surface area contributed by atoms with Gasteiger partial charge >= 0.3 is 25.7 Å². The van der Waals surface area contributed by atoms with Gasteiger partial charge in [0.2, 0.25) is 0 Å². The number of carbonyl (C=O) groups is 3. The Morgan fingerprint density at radius 3 is 1.11 bits per heavy atom. The molecular formula is C73H135O24P. The summed E-state index contributed by atoms with van der Waals surface area (Å²) in [6.07, 6.45) is 14.2. The number of hydrogen-bond acceptors (Lipinski definition) is 23. The van der Waals surface area contributed by atoms with E-state index in [9.17, 15) is 74.9 Å². The molecule has 2 saturated heterocycles. The molecule has 0 spiro atoms. The summed E-state index contributed by atoms with van der Waals surface area (Å²) in [4.78, 5) is 51.0. The van der Waals surface area contributed by atoms with E-state index >= 15 is 0 Å². The lowest BCUT2D eigenvalue weighted by molar-refractivity contribution is -0.360. The second-order valence-corrected chi connectivity index (χ2v) is 29.1. The molecular weight excluding hydrogens is 1290 g/mol. The van der Waals surface area contributed by atoms with Crippen molar-refractivity contribution in [3.63, 3.8) is 0 Å². The van der Waals surface area contributed by atoms with Crippen molar-refractivity contribution >= 4 is 25.7 Å². The Labute approximate surface area is 586 Å². The third kappa shape index (κ3) is 37.9. The third-order valence-corrected chi connectivity index (χ3v) is 20.0. The molecule has 576 valence electrons. The lowest BCUT2D eigenvalue weighted by Gasteiger charge is -2.49. The van der Waals surface area contributed by atoms with Gasteiger partial charge in [-0.1, -0.05) is 251 Å². The number of phosphoric acid groups is 1. The van der Waals surface area contributed by atoms with Crippen LogP contribution < -0.4 is 0 Å². The van der Waals surface area contributed by atoms with Crippen LogP contribution in [-0.2, 0) is 61.2 Å². The van der Waals surface area contributed by atoms with E-state index in [0.29, 0.717) is 19.3 Å². The Balaban J connectivity index is 1.72. The molecule has 3 rings (SSSR count). The van der Waals surface area contributed by atoms with Gasteiger partial charge in [0.25, 0.3) is 0 Å². The Bertz CT molecular complexity index is 2080. The first-order valence-corrected chi connectivity index (χ1v) is 40.0. The van der Waals surface area contributed by atoms with E-state index in [0.717, 1.165) is 89.9 Å². The predicted octanol–water partition coefficient (Wildman–Crippen LogP) is 10.7. The zero-order chi connectivity index (χ0) is 71.8. The first-order chi connectivity index (χ1) is 47.3. The summed E-state index contributed by atoms with van der Waals surface area (Å²) >= 11 is 0. The van der Waals surface area contributed by atoms with Crippen LogP contribution in [0.2, 0.25) is 0 Å². The van der Waals surface area contributed by atoms with Crippen LogP contribution in [0.25, 0.3) is 0 Å². The van der Waals surface area contributed by atoms with Crippen molar-refractivity contribution in [2.75, 3.05) is 26.4 Å². The van der Waals surface area contributed by atoms with Crippen LogP contribution in [0, 0.1) is 0 Å². The van der Waals surface area contributed by atoms with E-state index in [4.69, 9.17) is 42.2 Å². The highest BCUT2D eigenvalue weighted by Gasteiger charge is 2.58. The molecule has 25 heteroatoms. The maximum atomic E-state index is 14.3. The maximum absolute atomic E-state index is 14.3. The number of allylic oxidation sites excluding steroid dienone is 2. The van der Waals surface area contributed by atoms with Crippen molar-refractivity contribution in [1.82, 2.24) is 0 Å². The number of esters is 3. The smallest absolute Gasteiger partial charge is 0.463 e. The quantitative estimate of drug-likeness (QED) is 0.00886. The predicted molar refractivity (Wildman–Crippen MR) is 370 cm³/mol. The van der Waals surface area contributed by atoms with Crippen molar-refractivity contribution < 1.29 is 117 Å². The molecule has 11 N–H and O–H groups in total. The summed E-state index contributed by atoms with van der Waals surface area (Å²) in [6, 6.07) is 0. The van der Waals surface area contributed by atoms with E-state index in [2.05, 4.69) is 32.9 Å². The molecule has 98 heavy (non-hydrogen) atoms. The van der Waals surface area contributed by atoms with Crippen molar-refractivity contribution in [2.24, 2.45) is 0 Å². The third-order valence-electron chi connectivity index (χ3n) is 19.0. The number of phosphoric ester groups is 1. The molecule has 0 aromatic carbocycles. The molecule has 3 aliphatic rings. The highest BCUT2D eigenvalue weighted by Crippen LogP contribution is 2.49. The topological polar surface area (TPSA) is 374 Å². The van der Waals surface area contributed by atoms with E-state index in [-0.39, 0.29) is 19.3 Å². The molecule has 1 saturated carbocycles. The summed E-state index contributed by atoms with van der Waals surface area (Å²) in [6.45, 7) is 3.45. The van der Waals surface area contributed by atoms with Gasteiger partial charge in [-0.25, -0.2) is 4.57 Å². The van der Waals surface area contributed by atoms with Gasteiger partial charge < -0.3 is 89.1 Å². The van der Waals surface area contributed by atoms with Gasteiger partial charge in [0.05, 0.1) is 13.2 Å². The zero-order valence-corrected chi connectivity index (χ0v) is 61.0. The first kappa shape index (κ1) is 89.9. The van der Waals surface area contributed by atoms with Crippen LogP contribution in [0.3, 0.4) is 0 Å². The molecule has 1 aliphatic carbocycles. The number of rotatable bonds is 60. The standard InChI is InChI=1S/C73H135O24P/c1-4-7-10-13-16-19-22-25-26-27-28-31-33-35-38-41-44-47-57(75)89-51-54(92-59(77)49-46-43-40-37-34-30-24-21-18-15-12-9-6-3)52-91-98(87,88)97-71-69(95-72-67(85)62(80)60(78)55(50-74)93-72)65(83)64(82)66(84)70(71)96-73-68(86)63(81)61(79)56(94-73)53-90-58(76)48-45-42-39-36-32-29-23-20-17-14-11-8-5-2/h29,32,54-56,60-74,78-86H,4-28,30-31,33-53H2,1-3H3,(H,87,88)/b32-29-. The van der Waals surface area contributed by atoms with Crippen LogP contribution in [-0.4, -0.2) is 204 Å². The lowest BCUT2D eigenvalue weighted by atomic mass is 9.84. The fourth-order valence-corrected chi connectivity index (χ4v) is 13.7. The first-order valence-electron chi connectivity index (χ1n) is 38.5. The Morgan fingerprint density at radius 2 is 0.714 bits per heavy atom. The Morgan fingerprint density at radius 1 is 0.388 bits per heavy atom. The largest absolute Gasteiger partial charge is 0.472 e. The minimum absolute atomic E-state index is 0.00941. The highest BCUT2D eigenvalue weighted by atomic mass is 31.2. The molecule has 18 unspecified atom stereocenters. The van der Waals surface area contributed by atoms with Crippen molar-refractivity contribution in [3.8, 4) is 0 Å². The number of unbranched alkanes of at least 4 members (excludes halogenated alkanes) is 37. The zero-order valence-electron chi connectivity index (χ0n) is 60.1. The van der Waals surface area contributed by atoms with Gasteiger partial charge in [0.1, 0.15) is 98.7 Å². The average molecular weight is 1430 g/mol. The molecule has 0 bridgehead atoms. The summed E-state index contributed by atoms with van der Waals surface area (Å²) in [7, 11) is -5.69. The number of aliphatic hydroxyl groups excluding tert-OH is 10. The number of hydrogen-bond donors (Lipinski definition) is 11. The average Bonchev–Trinajstić information content (AvgIpc) is 0.764. The van der Waals surface area contributed by atoms with Gasteiger partial charge in [-0.15, -0.1) is 0 Å². The fourth-order valence-electron chi connectivity index (χ4n) is 12.8. The second kappa shape index (κ2) is 55.2. The SMILES string of the molecule is CCCCCCCC/C=C\CCCCCC(=O)OCC1OC(OC2C(O)C(O)C(O)C(OC3OC(CO)C(O)C(O)C3O)C2OP(=O)(O)OCC(COC(=O)CCCCCCCCCCCCCCCCCCC)OC(=O)CCCCCCCCCCCCCCC)C(O)C(O)C1O. The maximum Gasteiger partial charge on any atom is 0.472 e. The number of ether oxygens (including phenoxy) is 7. The van der Waals surface area contributed by atoms with E-state index in [1.54, 1.807) is 0 Å². The van der Waals surface area contributed by atoms with E-state index in [1.807, 2.05) is 0 Å². The molecule has 18 atom stereocenters. The summed E-state index contributed by atoms with van der Waals surface area (Å²) < 4.78 is 65.0. The second-order valence-electron chi connectivity index (χ2n) is 27.7. The van der Waals surface area contributed by atoms with Gasteiger partial charge in [0, 0.05) is 19.3 Å². The van der Waals surface area contributed by atoms with Gasteiger partial charge in [-0.3, -0.25) is 23.4 Å². The molecule has 2 aliphatic heterocycles. The molecule has 0 amide bonds. The summed E-state index contributed by atoms with van der Waals surface area (Å²) in [5.41, 5.74) is 0. The van der Waals surface area contributed by atoms with E-state index < -0.39 is 156 Å². The minimum Gasteiger partial charge on any atom is -0.463 e. The molecule has 0 aromatic rings. The van der Waals surface area contributed by atoms with Crippen molar-refractivity contribution in [1.29, 1.82) is 0 Å². The van der Waals surface area contributed by atoms with Crippen LogP contribution in [0.5, 0.6) is 0 Å². The normalized spacial score (nSPS) is 27.7. The highest BCUT2D eigenvalue weighted by molar-refractivity contribution is 7.47. The van der Waals surface area contributed by atoms with Crippen LogP contribution in [0.1, 0.15) is 303 Å². The molecule has 0 aromatic heterocycles. The van der Waals surface area contributed by atoms with Gasteiger partial charge in [-0.2, -0.15) is 0 Å². The molecule has 3 fully saturated rings. The summed E-state index contributed by atoms with van der Waals surface area (Å²) in [5, 5.41) is 110. The van der Waals surface area contributed by atoms with Gasteiger partial charge in [0.15, 0.2) is 18.7 Å². The van der Waals surface area contributed by atoms with Crippen molar-refractivity contribution in [2.45, 2.75) is 407 Å². The number of aliphatic hydroxyl groups is 10. The minimum atomic E-state index is -5.69. The fraction of sp³-hybridized carbons (Fsp3) is 0.932. The Kier molecular flexibility index (Phi) is 50.7. The molecule has 0 radical (unpaired) electrons. The number of carbonyl (C=O) groups excluding carboxylic acids is 3. The lowest BCUT2D eigenvalue weighted by Crippen LogP contribution is -2.69. The van der Waals surface area contributed by atoms with Crippen LogP contribution >= 0.6 is 7.82 Å². The monoisotopic (exact) mass is 1430 g/mol. The van der Waals surface area contributed by atoms with Crippen LogP contribution in [0.4, 0.5) is 0 Å².